The third-order valence-corrected chi connectivity index (χ3v) is 4.37. The van der Waals surface area contributed by atoms with E-state index in [2.05, 4.69) is 15.2 Å². The highest BCUT2D eigenvalue weighted by molar-refractivity contribution is 6.30. The molecule has 0 spiro atoms. The van der Waals surface area contributed by atoms with E-state index in [9.17, 15) is 4.39 Å². The van der Waals surface area contributed by atoms with Crippen LogP contribution in [0.25, 0.3) is 0 Å². The first kappa shape index (κ1) is 16.1. The van der Waals surface area contributed by atoms with Crippen LogP contribution in [0.4, 0.5) is 10.1 Å². The number of benzene rings is 2. The highest BCUT2D eigenvalue weighted by atomic mass is 35.5. The molecule has 0 amide bonds. The summed E-state index contributed by atoms with van der Waals surface area (Å²) < 4.78 is 20.7. The molecule has 1 aromatic heterocycles. The van der Waals surface area contributed by atoms with E-state index in [1.807, 2.05) is 30.5 Å². The molecule has 1 unspecified atom stereocenters. The predicted molar refractivity (Wildman–Crippen MR) is 93.0 cm³/mol. The standard InChI is InChI=1S/C18H16ClFN4O/c19-14-3-1-13(2-4-14)11-23-12-17(21-22-23)18-24(9-10-25-18)16-7-5-15(20)6-8-16/h1-8,12,18H,9-11H2. The van der Waals surface area contributed by atoms with E-state index in [0.29, 0.717) is 18.2 Å². The van der Waals surface area contributed by atoms with Crippen molar-refractivity contribution in [2.24, 2.45) is 0 Å². The van der Waals surface area contributed by atoms with Gasteiger partial charge in [-0.1, -0.05) is 28.9 Å². The van der Waals surface area contributed by atoms with Crippen molar-refractivity contribution in [2.75, 3.05) is 18.1 Å². The first-order valence-electron chi connectivity index (χ1n) is 7.97. The summed E-state index contributed by atoms with van der Waals surface area (Å²) in [5, 5.41) is 9.14. The summed E-state index contributed by atoms with van der Waals surface area (Å²) in [5.74, 6) is -0.255. The van der Waals surface area contributed by atoms with E-state index in [-0.39, 0.29) is 12.0 Å². The zero-order valence-corrected chi connectivity index (χ0v) is 14.1. The molecular weight excluding hydrogens is 343 g/mol. The van der Waals surface area contributed by atoms with Gasteiger partial charge in [-0.05, 0) is 42.0 Å². The topological polar surface area (TPSA) is 43.2 Å². The van der Waals surface area contributed by atoms with Crippen molar-refractivity contribution in [3.63, 3.8) is 0 Å². The van der Waals surface area contributed by atoms with Gasteiger partial charge < -0.3 is 9.64 Å². The molecule has 1 fully saturated rings. The van der Waals surface area contributed by atoms with Crippen LogP contribution in [0.15, 0.2) is 54.7 Å². The van der Waals surface area contributed by atoms with Gasteiger partial charge in [0, 0.05) is 17.3 Å². The lowest BCUT2D eigenvalue weighted by molar-refractivity contribution is 0.110. The average molecular weight is 359 g/mol. The Labute approximate surface area is 149 Å². The normalized spacial score (nSPS) is 17.2. The molecule has 1 aliphatic rings. The van der Waals surface area contributed by atoms with Crippen molar-refractivity contribution in [3.8, 4) is 0 Å². The van der Waals surface area contributed by atoms with Gasteiger partial charge in [0.1, 0.15) is 11.5 Å². The zero-order chi connectivity index (χ0) is 17.2. The number of ether oxygens (including phenoxy) is 1. The Morgan fingerprint density at radius 2 is 1.88 bits per heavy atom. The van der Waals surface area contributed by atoms with E-state index < -0.39 is 0 Å². The number of hydrogen-bond donors (Lipinski definition) is 0. The number of hydrogen-bond acceptors (Lipinski definition) is 4. The summed E-state index contributed by atoms with van der Waals surface area (Å²) >= 11 is 5.91. The van der Waals surface area contributed by atoms with Gasteiger partial charge in [0.15, 0.2) is 6.23 Å². The van der Waals surface area contributed by atoms with Crippen molar-refractivity contribution in [1.29, 1.82) is 0 Å². The van der Waals surface area contributed by atoms with Crippen LogP contribution in [0, 0.1) is 5.82 Å². The lowest BCUT2D eigenvalue weighted by Crippen LogP contribution is -2.23. The first-order valence-corrected chi connectivity index (χ1v) is 8.35. The molecule has 2 aromatic carbocycles. The second-order valence-corrected chi connectivity index (χ2v) is 6.30. The Morgan fingerprint density at radius 3 is 2.64 bits per heavy atom. The zero-order valence-electron chi connectivity index (χ0n) is 13.3. The summed E-state index contributed by atoms with van der Waals surface area (Å²) in [6, 6.07) is 14.0. The van der Waals surface area contributed by atoms with Crippen LogP contribution in [0.2, 0.25) is 5.02 Å². The maximum Gasteiger partial charge on any atom is 0.177 e. The van der Waals surface area contributed by atoms with Gasteiger partial charge in [0.25, 0.3) is 0 Å². The van der Waals surface area contributed by atoms with Gasteiger partial charge in [0.05, 0.1) is 19.3 Å². The molecule has 0 radical (unpaired) electrons. The van der Waals surface area contributed by atoms with E-state index in [0.717, 1.165) is 23.5 Å². The number of anilines is 1. The largest absolute Gasteiger partial charge is 0.350 e. The van der Waals surface area contributed by atoms with Gasteiger partial charge in [0.2, 0.25) is 0 Å². The summed E-state index contributed by atoms with van der Waals surface area (Å²) in [5.41, 5.74) is 2.72. The molecule has 0 saturated carbocycles. The third kappa shape index (κ3) is 3.50. The maximum atomic E-state index is 13.1. The molecule has 0 aliphatic carbocycles. The molecule has 2 heterocycles. The lowest BCUT2D eigenvalue weighted by Gasteiger charge is -2.23. The highest BCUT2D eigenvalue weighted by Crippen LogP contribution is 2.31. The minimum atomic E-state index is -0.315. The summed E-state index contributed by atoms with van der Waals surface area (Å²) in [6.45, 7) is 1.92. The minimum absolute atomic E-state index is 0.255. The van der Waals surface area contributed by atoms with Crippen molar-refractivity contribution < 1.29 is 9.13 Å². The fraction of sp³-hybridized carbons (Fsp3) is 0.222. The quantitative estimate of drug-likeness (QED) is 0.714. The molecule has 1 saturated heterocycles. The van der Waals surface area contributed by atoms with E-state index in [4.69, 9.17) is 16.3 Å². The summed E-state index contributed by atoms with van der Waals surface area (Å²) in [4.78, 5) is 2.05. The first-order chi connectivity index (χ1) is 12.2. The molecule has 1 aliphatic heterocycles. The van der Waals surface area contributed by atoms with Gasteiger partial charge in [-0.15, -0.1) is 5.10 Å². The Kier molecular flexibility index (Phi) is 4.38. The van der Waals surface area contributed by atoms with Gasteiger partial charge in [-0.2, -0.15) is 0 Å². The van der Waals surface area contributed by atoms with E-state index in [1.54, 1.807) is 16.8 Å². The van der Waals surface area contributed by atoms with Crippen LogP contribution >= 0.6 is 11.6 Å². The molecule has 4 rings (SSSR count). The maximum absolute atomic E-state index is 13.1. The second kappa shape index (κ2) is 6.82. The molecule has 0 N–H and O–H groups in total. The van der Waals surface area contributed by atoms with E-state index >= 15 is 0 Å². The molecule has 25 heavy (non-hydrogen) atoms. The van der Waals surface area contributed by atoms with Crippen molar-refractivity contribution >= 4 is 17.3 Å². The fourth-order valence-electron chi connectivity index (χ4n) is 2.89. The van der Waals surface area contributed by atoms with E-state index in [1.165, 1.54) is 12.1 Å². The Balaban J connectivity index is 1.52. The van der Waals surface area contributed by atoms with Crippen LogP contribution < -0.4 is 4.90 Å². The Hall–Kier alpha value is -2.44. The van der Waals surface area contributed by atoms with Gasteiger partial charge in [-0.3, -0.25) is 0 Å². The van der Waals surface area contributed by atoms with Crippen LogP contribution in [0.3, 0.4) is 0 Å². The molecule has 0 bridgehead atoms. The summed E-state index contributed by atoms with van der Waals surface area (Å²) in [6.07, 6.45) is 1.56. The highest BCUT2D eigenvalue weighted by Gasteiger charge is 2.29. The number of aromatic nitrogens is 3. The third-order valence-electron chi connectivity index (χ3n) is 4.12. The monoisotopic (exact) mass is 358 g/mol. The number of rotatable bonds is 4. The molecule has 5 nitrogen and oxygen atoms in total. The average Bonchev–Trinajstić information content (AvgIpc) is 3.27. The molecule has 1 atom stereocenters. The van der Waals surface area contributed by atoms with Crippen LogP contribution in [-0.4, -0.2) is 28.1 Å². The second-order valence-electron chi connectivity index (χ2n) is 5.86. The van der Waals surface area contributed by atoms with Gasteiger partial charge >= 0.3 is 0 Å². The minimum Gasteiger partial charge on any atom is -0.350 e. The SMILES string of the molecule is Fc1ccc(N2CCOC2c2cn(Cc3ccc(Cl)cc3)nn2)cc1. The Morgan fingerprint density at radius 1 is 1.12 bits per heavy atom. The molecule has 128 valence electrons. The number of nitrogens with zero attached hydrogens (tertiary/aromatic N) is 4. The molecular formula is C18H16ClFN4O. The lowest BCUT2D eigenvalue weighted by atomic mass is 10.2. The number of halogens is 2. The predicted octanol–water partition coefficient (Wildman–Crippen LogP) is 3.65. The summed E-state index contributed by atoms with van der Waals surface area (Å²) in [7, 11) is 0. The van der Waals surface area contributed by atoms with Crippen LogP contribution in [0.5, 0.6) is 0 Å². The fourth-order valence-corrected chi connectivity index (χ4v) is 3.02. The molecule has 7 heteroatoms. The van der Waals surface area contributed by atoms with Crippen molar-refractivity contribution in [3.05, 3.63) is 76.8 Å². The smallest absolute Gasteiger partial charge is 0.177 e. The van der Waals surface area contributed by atoms with Crippen LogP contribution in [0.1, 0.15) is 17.5 Å². The van der Waals surface area contributed by atoms with Crippen molar-refractivity contribution in [1.82, 2.24) is 15.0 Å². The molecule has 3 aromatic rings. The Bertz CT molecular complexity index is 850. The van der Waals surface area contributed by atoms with Crippen molar-refractivity contribution in [2.45, 2.75) is 12.8 Å². The van der Waals surface area contributed by atoms with Crippen LogP contribution in [-0.2, 0) is 11.3 Å². The van der Waals surface area contributed by atoms with Gasteiger partial charge in [-0.25, -0.2) is 9.07 Å².